The molecule has 0 heterocycles. The van der Waals surface area contributed by atoms with Crippen LogP contribution in [0.4, 0.5) is 0 Å². The number of carboxylic acid groups (broad SMARTS) is 1. The molecular formula is C15H13NO5. The van der Waals surface area contributed by atoms with Crippen molar-refractivity contribution in [2.45, 2.75) is 18.8 Å². The molecule has 0 radical (unpaired) electrons. The van der Waals surface area contributed by atoms with Crippen molar-refractivity contribution in [1.29, 1.82) is 0 Å². The fourth-order valence-corrected chi connectivity index (χ4v) is 2.58. The van der Waals surface area contributed by atoms with E-state index >= 15 is 0 Å². The second kappa shape index (κ2) is 4.80. The Bertz CT molecular complexity index is 675. The SMILES string of the molecule is O=C(O)CNC(=O)C1C(=O)c2ccc(C3CC3)cc2C1=O. The minimum absolute atomic E-state index is 0.250. The van der Waals surface area contributed by atoms with E-state index < -0.39 is 35.9 Å². The molecule has 0 aromatic heterocycles. The van der Waals surface area contributed by atoms with Crippen LogP contribution in [0.1, 0.15) is 45.0 Å². The first-order valence-electron chi connectivity index (χ1n) is 6.71. The number of carboxylic acids is 1. The quantitative estimate of drug-likeness (QED) is 0.796. The number of aliphatic carboxylic acids is 1. The standard InChI is InChI=1S/C15H13NO5/c17-11(18)6-16-15(21)12-13(19)9-4-3-8(7-1-2-7)5-10(9)14(12)20/h3-5,7,12H,1-2,6H2,(H,16,21)(H,17,18). The van der Waals surface area contributed by atoms with E-state index in [0.717, 1.165) is 18.4 Å². The van der Waals surface area contributed by atoms with Gasteiger partial charge in [-0.15, -0.1) is 0 Å². The normalized spacial score (nSPS) is 20.3. The number of nitrogens with one attached hydrogen (secondary N) is 1. The lowest BCUT2D eigenvalue weighted by molar-refractivity contribution is -0.138. The molecule has 2 aliphatic rings. The smallest absolute Gasteiger partial charge is 0.322 e. The van der Waals surface area contributed by atoms with Crippen LogP contribution in [0.2, 0.25) is 0 Å². The summed E-state index contributed by atoms with van der Waals surface area (Å²) >= 11 is 0. The predicted octanol–water partition coefficient (Wildman–Crippen LogP) is 0.760. The van der Waals surface area contributed by atoms with Gasteiger partial charge in [-0.25, -0.2) is 0 Å². The minimum atomic E-state index is -1.45. The van der Waals surface area contributed by atoms with Crippen LogP contribution in [-0.4, -0.2) is 35.1 Å². The largest absolute Gasteiger partial charge is 0.480 e. The van der Waals surface area contributed by atoms with Gasteiger partial charge in [-0.1, -0.05) is 12.1 Å². The minimum Gasteiger partial charge on any atom is -0.480 e. The molecule has 6 nitrogen and oxygen atoms in total. The van der Waals surface area contributed by atoms with Crippen LogP contribution in [0.15, 0.2) is 18.2 Å². The lowest BCUT2D eigenvalue weighted by Crippen LogP contribution is -2.39. The number of Topliss-reactive ketones (excluding diaryl/α,β-unsaturated/α-hetero) is 2. The topological polar surface area (TPSA) is 101 Å². The highest BCUT2D eigenvalue weighted by Crippen LogP contribution is 2.41. The molecule has 0 bridgehead atoms. The van der Waals surface area contributed by atoms with Crippen molar-refractivity contribution in [3.63, 3.8) is 0 Å². The summed E-state index contributed by atoms with van der Waals surface area (Å²) in [5.41, 5.74) is 1.54. The third-order valence-electron chi connectivity index (χ3n) is 3.82. The molecular weight excluding hydrogens is 274 g/mol. The van der Waals surface area contributed by atoms with E-state index in [1.165, 1.54) is 0 Å². The lowest BCUT2D eigenvalue weighted by atomic mass is 10.0. The van der Waals surface area contributed by atoms with Crippen LogP contribution in [0.3, 0.4) is 0 Å². The van der Waals surface area contributed by atoms with E-state index in [0.29, 0.717) is 5.92 Å². The highest BCUT2D eigenvalue weighted by atomic mass is 16.4. The Hall–Kier alpha value is -2.50. The molecule has 1 aromatic rings. The lowest BCUT2D eigenvalue weighted by Gasteiger charge is -2.06. The highest BCUT2D eigenvalue weighted by molar-refractivity contribution is 6.35. The maximum atomic E-state index is 12.3. The fourth-order valence-electron chi connectivity index (χ4n) is 2.58. The van der Waals surface area contributed by atoms with Crippen molar-refractivity contribution < 1.29 is 24.3 Å². The van der Waals surface area contributed by atoms with Gasteiger partial charge in [0, 0.05) is 11.1 Å². The Labute approximate surface area is 120 Å². The number of carbonyl (C=O) groups is 4. The average Bonchev–Trinajstić information content (AvgIpc) is 3.25. The molecule has 0 saturated heterocycles. The van der Waals surface area contributed by atoms with E-state index in [1.54, 1.807) is 12.1 Å². The van der Waals surface area contributed by atoms with E-state index in [-0.39, 0.29) is 11.1 Å². The Morgan fingerprint density at radius 1 is 1.14 bits per heavy atom. The summed E-state index contributed by atoms with van der Waals surface area (Å²) in [6, 6.07) is 5.10. The number of fused-ring (bicyclic) bond motifs is 1. The third-order valence-corrected chi connectivity index (χ3v) is 3.82. The number of carbonyl (C=O) groups excluding carboxylic acids is 3. The number of amides is 1. The van der Waals surface area contributed by atoms with Crippen molar-refractivity contribution in [3.05, 3.63) is 34.9 Å². The molecule has 21 heavy (non-hydrogen) atoms. The second-order valence-corrected chi connectivity index (χ2v) is 5.35. The first kappa shape index (κ1) is 13.5. The number of benzene rings is 1. The van der Waals surface area contributed by atoms with Crippen LogP contribution in [0, 0.1) is 5.92 Å². The molecule has 1 unspecified atom stereocenters. The molecule has 2 N–H and O–H groups in total. The van der Waals surface area contributed by atoms with Crippen LogP contribution in [0.25, 0.3) is 0 Å². The highest BCUT2D eigenvalue weighted by Gasteiger charge is 2.43. The number of ketones is 2. The average molecular weight is 287 g/mol. The summed E-state index contributed by atoms with van der Waals surface area (Å²) in [5, 5.41) is 10.6. The molecule has 1 aromatic carbocycles. The van der Waals surface area contributed by atoms with Gasteiger partial charge in [0.2, 0.25) is 5.91 Å². The molecule has 0 aliphatic heterocycles. The van der Waals surface area contributed by atoms with Crippen molar-refractivity contribution in [3.8, 4) is 0 Å². The Morgan fingerprint density at radius 3 is 2.43 bits per heavy atom. The summed E-state index contributed by atoms with van der Waals surface area (Å²) in [5.74, 6) is -4.18. The summed E-state index contributed by atoms with van der Waals surface area (Å²) in [7, 11) is 0. The van der Waals surface area contributed by atoms with E-state index in [4.69, 9.17) is 5.11 Å². The van der Waals surface area contributed by atoms with Crippen molar-refractivity contribution in [1.82, 2.24) is 5.32 Å². The number of hydrogen-bond donors (Lipinski definition) is 2. The van der Waals surface area contributed by atoms with E-state index in [9.17, 15) is 19.2 Å². The van der Waals surface area contributed by atoms with Crippen molar-refractivity contribution in [2.75, 3.05) is 6.54 Å². The van der Waals surface area contributed by atoms with Gasteiger partial charge in [0.15, 0.2) is 17.5 Å². The Balaban J connectivity index is 1.85. The maximum Gasteiger partial charge on any atom is 0.322 e. The molecule has 108 valence electrons. The summed E-state index contributed by atoms with van der Waals surface area (Å²) in [6.45, 7) is -0.612. The van der Waals surface area contributed by atoms with Crippen LogP contribution >= 0.6 is 0 Å². The first-order chi connectivity index (χ1) is 9.99. The van der Waals surface area contributed by atoms with E-state index in [2.05, 4.69) is 5.32 Å². The van der Waals surface area contributed by atoms with Crippen LogP contribution in [0.5, 0.6) is 0 Å². The Kier molecular flexibility index (Phi) is 3.08. The van der Waals surface area contributed by atoms with Gasteiger partial charge in [-0.05, 0) is 30.4 Å². The van der Waals surface area contributed by atoms with Gasteiger partial charge in [-0.3, -0.25) is 19.2 Å². The second-order valence-electron chi connectivity index (χ2n) is 5.35. The van der Waals surface area contributed by atoms with Gasteiger partial charge < -0.3 is 10.4 Å². The van der Waals surface area contributed by atoms with E-state index in [1.807, 2.05) is 6.07 Å². The monoisotopic (exact) mass is 287 g/mol. The molecule has 0 spiro atoms. The van der Waals surface area contributed by atoms with Crippen LogP contribution < -0.4 is 5.32 Å². The number of rotatable bonds is 4. The molecule has 1 fully saturated rings. The zero-order valence-electron chi connectivity index (χ0n) is 11.1. The molecule has 1 amide bonds. The Morgan fingerprint density at radius 2 is 1.81 bits per heavy atom. The zero-order chi connectivity index (χ0) is 15.1. The summed E-state index contributed by atoms with van der Waals surface area (Å²) in [6.07, 6.45) is 2.15. The van der Waals surface area contributed by atoms with Crippen LogP contribution in [-0.2, 0) is 9.59 Å². The summed E-state index contributed by atoms with van der Waals surface area (Å²) < 4.78 is 0. The van der Waals surface area contributed by atoms with Gasteiger partial charge >= 0.3 is 5.97 Å². The maximum absolute atomic E-state index is 12.3. The molecule has 1 atom stereocenters. The molecule has 3 rings (SSSR count). The van der Waals surface area contributed by atoms with Gasteiger partial charge in [0.1, 0.15) is 6.54 Å². The van der Waals surface area contributed by atoms with Gasteiger partial charge in [-0.2, -0.15) is 0 Å². The van der Waals surface area contributed by atoms with Gasteiger partial charge in [0.05, 0.1) is 0 Å². The fraction of sp³-hybridized carbons (Fsp3) is 0.333. The molecule has 1 saturated carbocycles. The van der Waals surface area contributed by atoms with Gasteiger partial charge in [0.25, 0.3) is 0 Å². The summed E-state index contributed by atoms with van der Waals surface area (Å²) in [4.78, 5) is 46.7. The zero-order valence-corrected chi connectivity index (χ0v) is 11.1. The number of hydrogen-bond acceptors (Lipinski definition) is 4. The molecule has 2 aliphatic carbocycles. The predicted molar refractivity (Wildman–Crippen MR) is 71.2 cm³/mol. The van der Waals surface area contributed by atoms with Crippen molar-refractivity contribution >= 4 is 23.4 Å². The first-order valence-corrected chi connectivity index (χ1v) is 6.71. The molecule has 6 heteroatoms. The van der Waals surface area contributed by atoms with Crippen molar-refractivity contribution in [2.24, 2.45) is 5.92 Å². The third kappa shape index (κ3) is 2.33.